The van der Waals surface area contributed by atoms with E-state index >= 15 is 0 Å². The van der Waals surface area contributed by atoms with Crippen molar-refractivity contribution < 1.29 is 19.4 Å². The van der Waals surface area contributed by atoms with Gasteiger partial charge in [0, 0.05) is 25.3 Å². The molecule has 3 N–H and O–H groups in total. The van der Waals surface area contributed by atoms with Crippen molar-refractivity contribution in [3.63, 3.8) is 0 Å². The summed E-state index contributed by atoms with van der Waals surface area (Å²) < 4.78 is 5.94. The Morgan fingerprint density at radius 1 is 1.10 bits per heavy atom. The molecule has 0 unspecified atom stereocenters. The summed E-state index contributed by atoms with van der Waals surface area (Å²) in [6.45, 7) is 11.5. The highest BCUT2D eigenvalue weighted by molar-refractivity contribution is 5.87. The van der Waals surface area contributed by atoms with Gasteiger partial charge in [-0.25, -0.2) is 9.78 Å². The monoisotopic (exact) mass is 538 g/mol. The number of hydrogen-bond acceptors (Lipinski definition) is 6. The second-order valence-corrected chi connectivity index (χ2v) is 11.4. The van der Waals surface area contributed by atoms with Gasteiger partial charge < -0.3 is 25.4 Å². The number of pyridine rings is 1. The Balaban J connectivity index is 1.52. The largest absolute Gasteiger partial charge is 0.480 e. The molecule has 0 fully saturated rings. The Morgan fingerprint density at radius 3 is 2.59 bits per heavy atom. The highest BCUT2D eigenvalue weighted by Gasteiger charge is 2.24. The molecule has 0 saturated heterocycles. The molecule has 214 valence electrons. The number of aromatic nitrogens is 1. The lowest BCUT2D eigenvalue weighted by molar-refractivity contribution is -0.142. The lowest BCUT2D eigenvalue weighted by Gasteiger charge is -2.27. The SMILES string of the molecule is C[C@H](C(=O)N[C@@H](CCN(CCCCc1ccc2c(n1)NCCC2)CCOC(C)(C)C)C(=O)O)c1ccccc1. The number of aliphatic carboxylic acids is 1. The number of ether oxygens (including phenoxy) is 1. The molecule has 0 saturated carbocycles. The molecular formula is C31H46N4O4. The fourth-order valence-electron chi connectivity index (χ4n) is 4.72. The van der Waals surface area contributed by atoms with E-state index < -0.39 is 17.9 Å². The van der Waals surface area contributed by atoms with Crippen molar-refractivity contribution in [2.75, 3.05) is 38.1 Å². The van der Waals surface area contributed by atoms with Gasteiger partial charge in [-0.2, -0.15) is 0 Å². The van der Waals surface area contributed by atoms with Crippen molar-refractivity contribution in [2.24, 2.45) is 0 Å². The summed E-state index contributed by atoms with van der Waals surface area (Å²) in [5.41, 5.74) is 3.03. The van der Waals surface area contributed by atoms with Crippen LogP contribution >= 0.6 is 0 Å². The molecule has 3 rings (SSSR count). The fourth-order valence-corrected chi connectivity index (χ4v) is 4.72. The summed E-state index contributed by atoms with van der Waals surface area (Å²) in [5.74, 6) is -0.676. The molecule has 8 nitrogen and oxygen atoms in total. The fraction of sp³-hybridized carbons (Fsp3) is 0.581. The minimum atomic E-state index is -1.01. The molecule has 1 aromatic heterocycles. The molecule has 0 bridgehead atoms. The van der Waals surface area contributed by atoms with E-state index in [2.05, 4.69) is 27.7 Å². The van der Waals surface area contributed by atoms with Gasteiger partial charge in [0.15, 0.2) is 0 Å². The normalized spacial score (nSPS) is 14.8. The van der Waals surface area contributed by atoms with Crippen LogP contribution in [0.3, 0.4) is 0 Å². The number of fused-ring (bicyclic) bond motifs is 1. The molecule has 8 heteroatoms. The van der Waals surface area contributed by atoms with E-state index in [-0.39, 0.29) is 11.5 Å². The number of carboxylic acids is 1. The van der Waals surface area contributed by atoms with E-state index in [9.17, 15) is 14.7 Å². The first-order valence-corrected chi connectivity index (χ1v) is 14.3. The number of unbranched alkanes of at least 4 members (excludes halogenated alkanes) is 1. The van der Waals surface area contributed by atoms with Crippen LogP contribution in [0, 0.1) is 0 Å². The quantitative estimate of drug-likeness (QED) is 0.284. The smallest absolute Gasteiger partial charge is 0.326 e. The third kappa shape index (κ3) is 10.6. The number of rotatable bonds is 15. The maximum atomic E-state index is 12.8. The highest BCUT2D eigenvalue weighted by atomic mass is 16.5. The number of aryl methyl sites for hydroxylation is 2. The number of nitrogens with one attached hydrogen (secondary N) is 2. The first-order chi connectivity index (χ1) is 18.6. The van der Waals surface area contributed by atoms with Crippen molar-refractivity contribution in [1.29, 1.82) is 0 Å². The third-order valence-electron chi connectivity index (χ3n) is 7.09. The Hall–Kier alpha value is -2.97. The van der Waals surface area contributed by atoms with Crippen LogP contribution in [-0.4, -0.2) is 71.3 Å². The van der Waals surface area contributed by atoms with Crippen LogP contribution < -0.4 is 10.6 Å². The molecule has 2 heterocycles. The average Bonchev–Trinajstić information content (AvgIpc) is 2.91. The Morgan fingerprint density at radius 2 is 1.87 bits per heavy atom. The third-order valence-corrected chi connectivity index (χ3v) is 7.09. The van der Waals surface area contributed by atoms with Crippen LogP contribution in [0.25, 0.3) is 0 Å². The van der Waals surface area contributed by atoms with Gasteiger partial charge in [0.05, 0.1) is 18.1 Å². The maximum Gasteiger partial charge on any atom is 0.326 e. The van der Waals surface area contributed by atoms with Gasteiger partial charge in [-0.1, -0.05) is 36.4 Å². The predicted octanol–water partition coefficient (Wildman–Crippen LogP) is 4.64. The summed E-state index contributed by atoms with van der Waals surface area (Å²) in [6.07, 6.45) is 5.45. The molecule has 0 radical (unpaired) electrons. The summed E-state index contributed by atoms with van der Waals surface area (Å²) in [4.78, 5) is 31.8. The molecule has 2 aromatic rings. The van der Waals surface area contributed by atoms with Crippen molar-refractivity contribution in [3.05, 3.63) is 59.3 Å². The first kappa shape index (κ1) is 30.6. The van der Waals surface area contributed by atoms with Gasteiger partial charge in [-0.15, -0.1) is 0 Å². The highest BCUT2D eigenvalue weighted by Crippen LogP contribution is 2.20. The lowest BCUT2D eigenvalue weighted by Crippen LogP contribution is -2.45. The molecule has 39 heavy (non-hydrogen) atoms. The Bertz CT molecular complexity index is 1050. The van der Waals surface area contributed by atoms with Gasteiger partial charge in [0.25, 0.3) is 0 Å². The zero-order valence-corrected chi connectivity index (χ0v) is 24.0. The zero-order valence-electron chi connectivity index (χ0n) is 24.0. The van der Waals surface area contributed by atoms with Crippen molar-refractivity contribution in [1.82, 2.24) is 15.2 Å². The minimum absolute atomic E-state index is 0.233. The standard InChI is InChI=1S/C31H46N4O4/c1-23(24-11-6-5-7-12-24)29(36)34-27(30(37)38)17-20-35(21-22-39-31(2,3)4)19-9-8-14-26-16-15-25-13-10-18-32-28(25)33-26/h5-7,11-12,15-16,23,27H,8-10,13-14,17-22H2,1-4H3,(H,32,33)(H,34,36)(H,37,38)/t23-,27-/m0/s1. The molecular weight excluding hydrogens is 492 g/mol. The van der Waals surface area contributed by atoms with Crippen molar-refractivity contribution in [2.45, 2.75) is 83.8 Å². The van der Waals surface area contributed by atoms with Crippen LogP contribution in [0.15, 0.2) is 42.5 Å². The van der Waals surface area contributed by atoms with E-state index in [0.717, 1.165) is 62.3 Å². The van der Waals surface area contributed by atoms with Gasteiger partial charge in [-0.05, 0) is 90.0 Å². The van der Waals surface area contributed by atoms with Gasteiger partial charge in [-0.3, -0.25) is 4.79 Å². The molecule has 0 aliphatic carbocycles. The topological polar surface area (TPSA) is 104 Å². The zero-order chi connectivity index (χ0) is 28.3. The average molecular weight is 539 g/mol. The van der Waals surface area contributed by atoms with E-state index in [0.29, 0.717) is 26.1 Å². The minimum Gasteiger partial charge on any atom is -0.480 e. The molecule has 1 amide bonds. The summed E-state index contributed by atoms with van der Waals surface area (Å²) in [6, 6.07) is 12.8. The van der Waals surface area contributed by atoms with Gasteiger partial charge >= 0.3 is 5.97 Å². The first-order valence-electron chi connectivity index (χ1n) is 14.3. The maximum absolute atomic E-state index is 12.8. The number of benzene rings is 1. The van der Waals surface area contributed by atoms with E-state index in [1.807, 2.05) is 51.1 Å². The molecule has 1 aliphatic heterocycles. The second kappa shape index (κ2) is 15.0. The van der Waals surface area contributed by atoms with Crippen molar-refractivity contribution in [3.8, 4) is 0 Å². The van der Waals surface area contributed by atoms with Gasteiger partial charge in [0.2, 0.25) is 5.91 Å². The lowest BCUT2D eigenvalue weighted by atomic mass is 10.00. The molecule has 2 atom stereocenters. The van der Waals surface area contributed by atoms with Gasteiger partial charge in [0.1, 0.15) is 11.9 Å². The van der Waals surface area contributed by atoms with E-state index in [1.54, 1.807) is 6.92 Å². The Kier molecular flexibility index (Phi) is 11.7. The van der Waals surface area contributed by atoms with E-state index in [4.69, 9.17) is 9.72 Å². The predicted molar refractivity (Wildman–Crippen MR) is 155 cm³/mol. The van der Waals surface area contributed by atoms with Crippen LogP contribution in [0.2, 0.25) is 0 Å². The number of carbonyl (C=O) groups excluding carboxylic acids is 1. The van der Waals surface area contributed by atoms with Crippen LogP contribution in [0.4, 0.5) is 5.82 Å². The van der Waals surface area contributed by atoms with Crippen LogP contribution in [0.5, 0.6) is 0 Å². The second-order valence-electron chi connectivity index (χ2n) is 11.4. The van der Waals surface area contributed by atoms with Crippen LogP contribution in [-0.2, 0) is 27.2 Å². The number of nitrogens with zero attached hydrogens (tertiary/aromatic N) is 2. The number of carboxylic acid groups (broad SMARTS) is 1. The molecule has 0 spiro atoms. The number of amides is 1. The summed E-state index contributed by atoms with van der Waals surface area (Å²) >= 11 is 0. The summed E-state index contributed by atoms with van der Waals surface area (Å²) in [7, 11) is 0. The van der Waals surface area contributed by atoms with Crippen LogP contribution in [0.1, 0.15) is 76.1 Å². The summed E-state index contributed by atoms with van der Waals surface area (Å²) in [5, 5.41) is 16.0. The molecule has 1 aromatic carbocycles. The Labute approximate surface area is 233 Å². The van der Waals surface area contributed by atoms with Crippen molar-refractivity contribution >= 4 is 17.7 Å². The number of carbonyl (C=O) groups is 2. The van der Waals surface area contributed by atoms with E-state index in [1.165, 1.54) is 5.56 Å². The molecule has 1 aliphatic rings. The number of hydrogen-bond donors (Lipinski definition) is 3. The number of anilines is 1.